The van der Waals surface area contributed by atoms with Gasteiger partial charge in [0.2, 0.25) is 5.91 Å². The van der Waals surface area contributed by atoms with Crippen molar-refractivity contribution >= 4 is 28.3 Å². The lowest BCUT2D eigenvalue weighted by atomic mass is 10.0. The lowest BCUT2D eigenvalue weighted by Gasteiger charge is -2.28. The molecule has 0 aliphatic heterocycles. The Kier molecular flexibility index (Phi) is 7.13. The van der Waals surface area contributed by atoms with Crippen LogP contribution >= 0.6 is 11.3 Å². The standard InChI is InChI=1S/C23H31N3O3S/c1-14(2)12-26(13-15(3)4)22(28)18-10-11-19-20(18)24-23(30-19)25-21(27)16-6-8-17(29-5)9-7-16/h6-9,14-15,18H,10-13H2,1-5H3,(H,24,25,27). The third-order valence-corrected chi connectivity index (χ3v) is 6.12. The Labute approximate surface area is 182 Å². The van der Waals surface area contributed by atoms with Crippen LogP contribution in [-0.2, 0) is 11.2 Å². The van der Waals surface area contributed by atoms with Gasteiger partial charge in [-0.2, -0.15) is 0 Å². The van der Waals surface area contributed by atoms with E-state index in [9.17, 15) is 9.59 Å². The molecule has 1 aromatic carbocycles. The molecule has 6 nitrogen and oxygen atoms in total. The van der Waals surface area contributed by atoms with Gasteiger partial charge < -0.3 is 9.64 Å². The Bertz CT molecular complexity index is 880. The van der Waals surface area contributed by atoms with Crippen molar-refractivity contribution in [3.05, 3.63) is 40.4 Å². The number of fused-ring (bicyclic) bond motifs is 1. The molecule has 1 N–H and O–H groups in total. The zero-order valence-corrected chi connectivity index (χ0v) is 19.2. The van der Waals surface area contributed by atoms with Gasteiger partial charge in [-0.3, -0.25) is 14.9 Å². The van der Waals surface area contributed by atoms with Crippen molar-refractivity contribution in [2.24, 2.45) is 11.8 Å². The van der Waals surface area contributed by atoms with E-state index in [-0.39, 0.29) is 17.7 Å². The Hall–Kier alpha value is -2.41. The van der Waals surface area contributed by atoms with Gasteiger partial charge in [0.15, 0.2) is 5.13 Å². The molecule has 30 heavy (non-hydrogen) atoms. The van der Waals surface area contributed by atoms with E-state index < -0.39 is 0 Å². The monoisotopic (exact) mass is 429 g/mol. The van der Waals surface area contributed by atoms with Crippen LogP contribution in [0, 0.1) is 11.8 Å². The van der Waals surface area contributed by atoms with Crippen molar-refractivity contribution in [3.63, 3.8) is 0 Å². The molecule has 0 spiro atoms. The number of ether oxygens (including phenoxy) is 1. The van der Waals surface area contributed by atoms with Gasteiger partial charge in [0.1, 0.15) is 5.75 Å². The van der Waals surface area contributed by atoms with Gasteiger partial charge in [-0.15, -0.1) is 11.3 Å². The number of benzene rings is 1. The average Bonchev–Trinajstić information content (AvgIpc) is 3.26. The maximum absolute atomic E-state index is 13.3. The molecule has 7 heteroatoms. The van der Waals surface area contributed by atoms with Crippen LogP contribution in [0.2, 0.25) is 0 Å². The fourth-order valence-electron chi connectivity index (χ4n) is 3.79. The number of carbonyl (C=O) groups is 2. The number of anilines is 1. The molecule has 0 saturated carbocycles. The summed E-state index contributed by atoms with van der Waals surface area (Å²) in [5.41, 5.74) is 1.38. The largest absolute Gasteiger partial charge is 0.497 e. The molecular weight excluding hydrogens is 398 g/mol. The van der Waals surface area contributed by atoms with Crippen LogP contribution in [0.25, 0.3) is 0 Å². The highest BCUT2D eigenvalue weighted by Crippen LogP contribution is 2.39. The number of nitrogens with one attached hydrogen (secondary N) is 1. The van der Waals surface area contributed by atoms with Crippen molar-refractivity contribution in [2.75, 3.05) is 25.5 Å². The minimum atomic E-state index is -0.214. The van der Waals surface area contributed by atoms with E-state index in [0.717, 1.165) is 36.5 Å². The summed E-state index contributed by atoms with van der Waals surface area (Å²) in [6.45, 7) is 10.1. The van der Waals surface area contributed by atoms with Crippen molar-refractivity contribution in [3.8, 4) is 5.75 Å². The third-order valence-electron chi connectivity index (χ3n) is 5.07. The molecule has 3 rings (SSSR count). The van der Waals surface area contributed by atoms with E-state index in [1.54, 1.807) is 31.4 Å². The van der Waals surface area contributed by atoms with Crippen LogP contribution in [0.3, 0.4) is 0 Å². The molecule has 2 aromatic rings. The maximum atomic E-state index is 13.3. The predicted octanol–water partition coefficient (Wildman–Crippen LogP) is 4.57. The second-order valence-corrected chi connectivity index (χ2v) is 9.72. The SMILES string of the molecule is COc1ccc(C(=O)Nc2nc3c(s2)CCC3C(=O)N(CC(C)C)CC(C)C)cc1. The van der Waals surface area contributed by atoms with Gasteiger partial charge in [0.05, 0.1) is 18.7 Å². The van der Waals surface area contributed by atoms with Crippen LogP contribution < -0.4 is 10.1 Å². The summed E-state index contributed by atoms with van der Waals surface area (Å²) in [5.74, 6) is 1.28. The molecule has 0 saturated heterocycles. The highest BCUT2D eigenvalue weighted by atomic mass is 32.1. The summed E-state index contributed by atoms with van der Waals surface area (Å²) in [5, 5.41) is 3.43. The average molecular weight is 430 g/mol. The molecule has 1 aliphatic rings. The van der Waals surface area contributed by atoms with Gasteiger partial charge in [0, 0.05) is 23.5 Å². The third kappa shape index (κ3) is 5.19. The Morgan fingerprint density at radius 2 is 1.80 bits per heavy atom. The molecule has 1 unspecified atom stereocenters. The maximum Gasteiger partial charge on any atom is 0.257 e. The molecule has 1 aromatic heterocycles. The second-order valence-electron chi connectivity index (χ2n) is 8.63. The second kappa shape index (κ2) is 9.60. The van der Waals surface area contributed by atoms with Crippen molar-refractivity contribution in [1.29, 1.82) is 0 Å². The molecule has 0 bridgehead atoms. The number of thiazole rings is 1. The quantitative estimate of drug-likeness (QED) is 0.667. The van der Waals surface area contributed by atoms with E-state index in [2.05, 4.69) is 38.0 Å². The Balaban J connectivity index is 1.72. The van der Waals surface area contributed by atoms with Gasteiger partial charge in [0.25, 0.3) is 5.91 Å². The number of hydrogen-bond acceptors (Lipinski definition) is 5. The highest BCUT2D eigenvalue weighted by molar-refractivity contribution is 7.16. The highest BCUT2D eigenvalue weighted by Gasteiger charge is 2.35. The van der Waals surface area contributed by atoms with Gasteiger partial charge in [-0.1, -0.05) is 27.7 Å². The van der Waals surface area contributed by atoms with Gasteiger partial charge >= 0.3 is 0 Å². The molecule has 0 fully saturated rings. The van der Waals surface area contributed by atoms with Crippen LogP contribution in [-0.4, -0.2) is 41.9 Å². The summed E-state index contributed by atoms with van der Waals surface area (Å²) in [6.07, 6.45) is 1.63. The molecule has 1 aliphatic carbocycles. The number of nitrogens with zero attached hydrogens (tertiary/aromatic N) is 2. The number of hydrogen-bond donors (Lipinski definition) is 1. The first kappa shape index (κ1) is 22.3. The molecule has 0 radical (unpaired) electrons. The van der Waals surface area contributed by atoms with E-state index >= 15 is 0 Å². The first-order valence-corrected chi connectivity index (χ1v) is 11.3. The predicted molar refractivity (Wildman–Crippen MR) is 120 cm³/mol. The minimum Gasteiger partial charge on any atom is -0.497 e. The van der Waals surface area contributed by atoms with Gasteiger partial charge in [-0.25, -0.2) is 4.98 Å². The number of amides is 2. The lowest BCUT2D eigenvalue weighted by Crippen LogP contribution is -2.39. The summed E-state index contributed by atoms with van der Waals surface area (Å²) in [6, 6.07) is 6.95. The number of aryl methyl sites for hydroxylation is 1. The molecule has 162 valence electrons. The summed E-state index contributed by atoms with van der Waals surface area (Å²) in [7, 11) is 1.59. The van der Waals surface area contributed by atoms with Crippen molar-refractivity contribution < 1.29 is 14.3 Å². The summed E-state index contributed by atoms with van der Waals surface area (Å²) >= 11 is 1.47. The first-order valence-electron chi connectivity index (χ1n) is 10.5. The number of carbonyl (C=O) groups excluding carboxylic acids is 2. The molecule has 1 heterocycles. The molecular formula is C23H31N3O3S. The van der Waals surface area contributed by atoms with Crippen LogP contribution in [0.4, 0.5) is 5.13 Å². The molecule has 2 amide bonds. The van der Waals surface area contributed by atoms with E-state index in [0.29, 0.717) is 28.3 Å². The zero-order chi connectivity index (χ0) is 21.8. The summed E-state index contributed by atoms with van der Waals surface area (Å²) < 4.78 is 5.13. The Morgan fingerprint density at radius 1 is 1.17 bits per heavy atom. The van der Waals surface area contributed by atoms with E-state index in [4.69, 9.17) is 4.74 Å². The minimum absolute atomic E-state index is 0.162. The number of rotatable bonds is 8. The smallest absolute Gasteiger partial charge is 0.257 e. The fraction of sp³-hybridized carbons (Fsp3) is 0.522. The van der Waals surface area contributed by atoms with Crippen molar-refractivity contribution in [2.45, 2.75) is 46.5 Å². The van der Waals surface area contributed by atoms with Gasteiger partial charge in [-0.05, 0) is 48.9 Å². The van der Waals surface area contributed by atoms with Crippen LogP contribution in [0.1, 0.15) is 61.0 Å². The van der Waals surface area contributed by atoms with Crippen LogP contribution in [0.5, 0.6) is 5.75 Å². The lowest BCUT2D eigenvalue weighted by molar-refractivity contribution is -0.134. The zero-order valence-electron chi connectivity index (χ0n) is 18.4. The molecule has 1 atom stereocenters. The van der Waals surface area contributed by atoms with Crippen molar-refractivity contribution in [1.82, 2.24) is 9.88 Å². The van der Waals surface area contributed by atoms with E-state index in [1.165, 1.54) is 11.3 Å². The number of aromatic nitrogens is 1. The topological polar surface area (TPSA) is 71.5 Å². The normalized spacial score (nSPS) is 15.4. The fourth-order valence-corrected chi connectivity index (χ4v) is 4.82. The van der Waals surface area contributed by atoms with Crippen LogP contribution in [0.15, 0.2) is 24.3 Å². The first-order chi connectivity index (χ1) is 14.3. The number of methoxy groups -OCH3 is 1. The summed E-state index contributed by atoms with van der Waals surface area (Å²) in [4.78, 5) is 33.6. The Morgan fingerprint density at radius 3 is 2.37 bits per heavy atom. The van der Waals surface area contributed by atoms with E-state index in [1.807, 2.05) is 4.90 Å².